The Hall–Kier alpha value is -2.11. The van der Waals surface area contributed by atoms with Gasteiger partial charge in [-0.15, -0.1) is 11.6 Å². The number of nitro groups is 1. The molecule has 2 aromatic carbocycles. The van der Waals surface area contributed by atoms with Crippen molar-refractivity contribution in [1.82, 2.24) is 0 Å². The molecule has 7 heteroatoms. The number of carbonyl (C=O) groups excluding carboxylic acids is 1. The van der Waals surface area contributed by atoms with E-state index in [2.05, 4.69) is 0 Å². The van der Waals surface area contributed by atoms with Gasteiger partial charge >= 0.3 is 5.97 Å². The van der Waals surface area contributed by atoms with Crippen molar-refractivity contribution in [1.29, 1.82) is 0 Å². The molecule has 0 N–H and O–H groups in total. The molecular weight excluding hydrogens is 353 g/mol. The Balaban J connectivity index is 2.42. The lowest BCUT2D eigenvalue weighted by molar-refractivity contribution is -0.384. The molecule has 0 saturated carbocycles. The van der Waals surface area contributed by atoms with Crippen LogP contribution in [0.4, 0.5) is 5.69 Å². The van der Waals surface area contributed by atoms with E-state index >= 15 is 0 Å². The summed E-state index contributed by atoms with van der Waals surface area (Å²) in [5, 5.41) is 11.0. The lowest BCUT2D eigenvalue weighted by Crippen LogP contribution is -2.10. The van der Waals surface area contributed by atoms with E-state index in [1.165, 1.54) is 18.2 Å². The third-order valence-corrected chi connectivity index (χ3v) is 4.16. The largest absolute Gasteiger partial charge is 0.466 e. The van der Waals surface area contributed by atoms with E-state index in [0.29, 0.717) is 16.1 Å². The molecule has 0 unspecified atom stereocenters. The van der Waals surface area contributed by atoms with Gasteiger partial charge < -0.3 is 4.74 Å². The summed E-state index contributed by atoms with van der Waals surface area (Å²) in [7, 11) is 0. The molecule has 0 amide bonds. The summed E-state index contributed by atoms with van der Waals surface area (Å²) >= 11 is 12.4. The number of hydrogen-bond acceptors (Lipinski definition) is 4. The first kappa shape index (κ1) is 18.2. The van der Waals surface area contributed by atoms with Crippen molar-refractivity contribution in [3.8, 4) is 0 Å². The molecular formula is C17H15Cl2NO4. The van der Waals surface area contributed by atoms with Gasteiger partial charge in [-0.2, -0.15) is 0 Å². The van der Waals surface area contributed by atoms with Crippen molar-refractivity contribution < 1.29 is 14.5 Å². The third kappa shape index (κ3) is 4.46. The standard InChI is InChI=1S/C17H15Cl2NO4/c1-2-24-16(21)9-12-5-8-14(20(22)23)10-15(12)17(19)11-3-6-13(18)7-4-11/h3-8,10,17H,2,9H2,1H3/t17-/m0/s1. The Morgan fingerprint density at radius 1 is 1.25 bits per heavy atom. The molecule has 0 aliphatic rings. The molecule has 2 aromatic rings. The highest BCUT2D eigenvalue weighted by Crippen LogP contribution is 2.34. The topological polar surface area (TPSA) is 69.4 Å². The van der Waals surface area contributed by atoms with Gasteiger partial charge in [-0.25, -0.2) is 0 Å². The average Bonchev–Trinajstić information content (AvgIpc) is 2.55. The lowest BCUT2D eigenvalue weighted by Gasteiger charge is -2.15. The second-order valence-corrected chi connectivity index (χ2v) is 5.91. The zero-order chi connectivity index (χ0) is 17.7. The van der Waals surface area contributed by atoms with E-state index in [1.807, 2.05) is 0 Å². The first-order valence-electron chi connectivity index (χ1n) is 7.24. The SMILES string of the molecule is CCOC(=O)Cc1ccc([N+](=O)[O-])cc1[C@@H](Cl)c1ccc(Cl)cc1. The first-order chi connectivity index (χ1) is 11.4. The Kier molecular flexibility index (Phi) is 6.17. The van der Waals surface area contributed by atoms with Crippen molar-refractivity contribution in [2.75, 3.05) is 6.61 Å². The van der Waals surface area contributed by atoms with Gasteiger partial charge in [0.25, 0.3) is 5.69 Å². The number of rotatable bonds is 6. The van der Waals surface area contributed by atoms with Gasteiger partial charge in [0, 0.05) is 17.2 Å². The molecule has 0 aliphatic carbocycles. The third-order valence-electron chi connectivity index (χ3n) is 3.42. The maximum atomic E-state index is 11.8. The summed E-state index contributed by atoms with van der Waals surface area (Å²) in [6, 6.07) is 11.1. The highest BCUT2D eigenvalue weighted by Gasteiger charge is 2.20. The molecule has 126 valence electrons. The summed E-state index contributed by atoms with van der Waals surface area (Å²) in [5.74, 6) is -0.410. The Morgan fingerprint density at radius 2 is 1.92 bits per heavy atom. The monoisotopic (exact) mass is 367 g/mol. The van der Waals surface area contributed by atoms with E-state index in [4.69, 9.17) is 27.9 Å². The van der Waals surface area contributed by atoms with Crippen molar-refractivity contribution >= 4 is 34.9 Å². The smallest absolute Gasteiger partial charge is 0.310 e. The first-order valence-corrected chi connectivity index (χ1v) is 8.06. The van der Waals surface area contributed by atoms with Crippen LogP contribution in [0.25, 0.3) is 0 Å². The van der Waals surface area contributed by atoms with E-state index in [0.717, 1.165) is 5.56 Å². The number of halogens is 2. The van der Waals surface area contributed by atoms with Gasteiger partial charge in [-0.3, -0.25) is 14.9 Å². The summed E-state index contributed by atoms with van der Waals surface area (Å²) in [6.45, 7) is 1.98. The number of non-ortho nitro benzene ring substituents is 1. The molecule has 0 radical (unpaired) electrons. The Morgan fingerprint density at radius 3 is 2.50 bits per heavy atom. The summed E-state index contributed by atoms with van der Waals surface area (Å²) in [6.07, 6.45) is -0.00201. The van der Waals surface area contributed by atoms with Crippen LogP contribution >= 0.6 is 23.2 Å². The van der Waals surface area contributed by atoms with E-state index in [9.17, 15) is 14.9 Å². The minimum atomic E-state index is -0.647. The Bertz CT molecular complexity index is 747. The number of nitro benzene ring substituents is 1. The number of hydrogen-bond donors (Lipinski definition) is 0. The van der Waals surface area contributed by atoms with Crippen LogP contribution in [0, 0.1) is 10.1 Å². The fraction of sp³-hybridized carbons (Fsp3) is 0.235. The van der Waals surface area contributed by atoms with Gasteiger partial charge in [-0.1, -0.05) is 29.8 Å². The predicted octanol–water partition coefficient (Wildman–Crippen LogP) is 4.68. The highest BCUT2D eigenvalue weighted by atomic mass is 35.5. The van der Waals surface area contributed by atoms with Gasteiger partial charge in [0.05, 0.1) is 23.3 Å². The minimum absolute atomic E-state index is 0.00201. The maximum Gasteiger partial charge on any atom is 0.310 e. The number of carbonyl (C=O) groups is 1. The summed E-state index contributed by atoms with van der Waals surface area (Å²) in [4.78, 5) is 22.3. The van der Waals surface area contributed by atoms with Crippen molar-refractivity contribution in [2.24, 2.45) is 0 Å². The van der Waals surface area contributed by atoms with E-state index in [-0.39, 0.29) is 18.7 Å². The van der Waals surface area contributed by atoms with Gasteiger partial charge in [0.2, 0.25) is 0 Å². The maximum absolute atomic E-state index is 11.8. The van der Waals surface area contributed by atoms with E-state index in [1.54, 1.807) is 31.2 Å². The molecule has 24 heavy (non-hydrogen) atoms. The van der Waals surface area contributed by atoms with Crippen molar-refractivity contribution in [2.45, 2.75) is 18.7 Å². The molecule has 0 spiro atoms. The Labute approximate surface area is 149 Å². The normalized spacial score (nSPS) is 11.8. The van der Waals surface area contributed by atoms with Crippen molar-refractivity contribution in [3.63, 3.8) is 0 Å². The van der Waals surface area contributed by atoms with Gasteiger partial charge in [0.15, 0.2) is 0 Å². The predicted molar refractivity (Wildman–Crippen MR) is 92.6 cm³/mol. The molecule has 2 rings (SSSR count). The van der Waals surface area contributed by atoms with Crippen LogP contribution in [0.5, 0.6) is 0 Å². The second-order valence-electron chi connectivity index (χ2n) is 5.04. The molecule has 0 bridgehead atoms. The van der Waals surface area contributed by atoms with Crippen LogP contribution in [0.15, 0.2) is 42.5 Å². The lowest BCUT2D eigenvalue weighted by atomic mass is 9.96. The van der Waals surface area contributed by atoms with Crippen LogP contribution < -0.4 is 0 Å². The number of alkyl halides is 1. The number of esters is 1. The fourth-order valence-corrected chi connectivity index (χ4v) is 2.75. The quantitative estimate of drug-likeness (QED) is 0.321. The number of benzene rings is 2. The fourth-order valence-electron chi connectivity index (χ4n) is 2.27. The summed E-state index contributed by atoms with van der Waals surface area (Å²) in [5.41, 5.74) is 1.74. The second kappa shape index (κ2) is 8.13. The average molecular weight is 368 g/mol. The molecule has 0 aliphatic heterocycles. The van der Waals surface area contributed by atoms with Crippen LogP contribution in [-0.2, 0) is 16.0 Å². The number of nitrogens with zero attached hydrogens (tertiary/aromatic N) is 1. The summed E-state index contributed by atoms with van der Waals surface area (Å²) < 4.78 is 4.95. The molecule has 1 atom stereocenters. The zero-order valence-corrected chi connectivity index (χ0v) is 14.4. The minimum Gasteiger partial charge on any atom is -0.466 e. The van der Waals surface area contributed by atoms with Crippen LogP contribution in [-0.4, -0.2) is 17.5 Å². The van der Waals surface area contributed by atoms with Crippen LogP contribution in [0.2, 0.25) is 5.02 Å². The molecule has 5 nitrogen and oxygen atoms in total. The highest BCUT2D eigenvalue weighted by molar-refractivity contribution is 6.30. The zero-order valence-electron chi connectivity index (χ0n) is 12.9. The number of ether oxygens (including phenoxy) is 1. The van der Waals surface area contributed by atoms with Gasteiger partial charge in [0.1, 0.15) is 0 Å². The van der Waals surface area contributed by atoms with E-state index < -0.39 is 16.3 Å². The van der Waals surface area contributed by atoms with Crippen LogP contribution in [0.1, 0.15) is 29.0 Å². The molecule has 0 heterocycles. The molecule has 0 aromatic heterocycles. The van der Waals surface area contributed by atoms with Gasteiger partial charge in [-0.05, 0) is 35.7 Å². The molecule has 0 saturated heterocycles. The van der Waals surface area contributed by atoms with Crippen molar-refractivity contribution in [3.05, 3.63) is 74.3 Å². The molecule has 0 fully saturated rings. The van der Waals surface area contributed by atoms with Crippen LogP contribution in [0.3, 0.4) is 0 Å².